The van der Waals surface area contributed by atoms with E-state index in [1.165, 1.54) is 0 Å². The van der Waals surface area contributed by atoms with Gasteiger partial charge in [0, 0.05) is 20.7 Å². The molecule has 1 rings (SSSR count). The zero-order valence-electron chi connectivity index (χ0n) is 10.0. The Morgan fingerprint density at radius 2 is 2.19 bits per heavy atom. The van der Waals surface area contributed by atoms with Crippen LogP contribution in [0.25, 0.3) is 0 Å². The molecule has 0 radical (unpaired) electrons. The maximum atomic E-state index is 9.05. The Balaban J connectivity index is 2.37. The SMILES string of the molecule is C[Si](C)(C)CCOCn1nc(Cl)cc1CO. The predicted octanol–water partition coefficient (Wildman–Crippen LogP) is 2.34. The van der Waals surface area contributed by atoms with Gasteiger partial charge in [-0.1, -0.05) is 31.2 Å². The van der Waals surface area contributed by atoms with E-state index in [1.54, 1.807) is 10.7 Å². The second-order valence-corrected chi connectivity index (χ2v) is 11.0. The lowest BCUT2D eigenvalue weighted by Crippen LogP contribution is -2.22. The zero-order chi connectivity index (χ0) is 12.2. The maximum absolute atomic E-state index is 9.05. The van der Waals surface area contributed by atoms with Crippen molar-refractivity contribution in [1.29, 1.82) is 0 Å². The number of rotatable bonds is 6. The minimum absolute atomic E-state index is 0.0723. The quantitative estimate of drug-likeness (QED) is 0.632. The van der Waals surface area contributed by atoms with Crippen molar-refractivity contribution in [3.8, 4) is 0 Å². The van der Waals surface area contributed by atoms with Gasteiger partial charge in [0.25, 0.3) is 0 Å². The summed E-state index contributed by atoms with van der Waals surface area (Å²) in [5, 5.41) is 13.5. The van der Waals surface area contributed by atoms with Gasteiger partial charge in [-0.15, -0.1) is 0 Å². The van der Waals surface area contributed by atoms with Crippen molar-refractivity contribution in [3.63, 3.8) is 0 Å². The lowest BCUT2D eigenvalue weighted by molar-refractivity contribution is 0.0732. The van der Waals surface area contributed by atoms with Crippen LogP contribution in [-0.2, 0) is 18.1 Å². The van der Waals surface area contributed by atoms with E-state index in [9.17, 15) is 0 Å². The summed E-state index contributed by atoms with van der Waals surface area (Å²) in [6, 6.07) is 2.76. The first-order chi connectivity index (χ1) is 7.42. The minimum Gasteiger partial charge on any atom is -0.390 e. The van der Waals surface area contributed by atoms with Crippen molar-refractivity contribution in [2.24, 2.45) is 0 Å². The van der Waals surface area contributed by atoms with Crippen LogP contribution in [0.3, 0.4) is 0 Å². The van der Waals surface area contributed by atoms with E-state index >= 15 is 0 Å². The molecule has 1 N–H and O–H groups in total. The van der Waals surface area contributed by atoms with Crippen LogP contribution in [0.4, 0.5) is 0 Å². The van der Waals surface area contributed by atoms with Gasteiger partial charge in [-0.2, -0.15) is 5.10 Å². The van der Waals surface area contributed by atoms with Gasteiger partial charge >= 0.3 is 0 Å². The van der Waals surface area contributed by atoms with Gasteiger partial charge in [0.1, 0.15) is 6.73 Å². The first kappa shape index (κ1) is 13.7. The van der Waals surface area contributed by atoms with E-state index in [0.29, 0.717) is 17.6 Å². The summed E-state index contributed by atoms with van der Waals surface area (Å²) in [6.45, 7) is 7.93. The number of hydrogen-bond donors (Lipinski definition) is 1. The highest BCUT2D eigenvalue weighted by Crippen LogP contribution is 2.11. The molecular weight excluding hydrogens is 244 g/mol. The molecule has 0 bridgehead atoms. The fraction of sp³-hybridized carbons (Fsp3) is 0.700. The second kappa shape index (κ2) is 5.81. The number of aliphatic hydroxyl groups is 1. The molecule has 0 aliphatic carbocycles. The van der Waals surface area contributed by atoms with E-state index in [1.807, 2.05) is 0 Å². The van der Waals surface area contributed by atoms with Crippen LogP contribution in [-0.4, -0.2) is 29.6 Å². The fourth-order valence-electron chi connectivity index (χ4n) is 1.19. The molecule has 1 aromatic heterocycles. The summed E-state index contributed by atoms with van der Waals surface area (Å²) in [7, 11) is -1.04. The topological polar surface area (TPSA) is 47.3 Å². The number of hydrogen-bond acceptors (Lipinski definition) is 3. The van der Waals surface area contributed by atoms with Gasteiger partial charge in [0.2, 0.25) is 0 Å². The van der Waals surface area contributed by atoms with Gasteiger partial charge in [-0.3, -0.25) is 0 Å². The van der Waals surface area contributed by atoms with Gasteiger partial charge < -0.3 is 9.84 Å². The molecule has 0 amide bonds. The third kappa shape index (κ3) is 4.65. The summed E-state index contributed by atoms with van der Waals surface area (Å²) in [6.07, 6.45) is 0. The van der Waals surface area contributed by atoms with Crippen molar-refractivity contribution in [2.75, 3.05) is 6.61 Å². The number of ether oxygens (including phenoxy) is 1. The first-order valence-electron chi connectivity index (χ1n) is 5.33. The Morgan fingerprint density at radius 3 is 2.75 bits per heavy atom. The molecule has 0 spiro atoms. The van der Waals surface area contributed by atoms with E-state index in [-0.39, 0.29) is 6.61 Å². The average molecular weight is 263 g/mol. The highest BCUT2D eigenvalue weighted by molar-refractivity contribution is 6.76. The third-order valence-corrected chi connectivity index (χ3v) is 4.09. The molecule has 0 aromatic carbocycles. The minimum atomic E-state index is -1.04. The van der Waals surface area contributed by atoms with Crippen LogP contribution in [0, 0.1) is 0 Å². The Hall–Kier alpha value is -0.363. The Bertz CT molecular complexity index is 336. The first-order valence-corrected chi connectivity index (χ1v) is 9.42. The molecule has 0 unspecified atom stereocenters. The normalized spacial score (nSPS) is 12.1. The number of aromatic nitrogens is 2. The zero-order valence-corrected chi connectivity index (χ0v) is 11.8. The molecule has 6 heteroatoms. The fourth-order valence-corrected chi connectivity index (χ4v) is 2.16. The molecule has 0 saturated heterocycles. The van der Waals surface area contributed by atoms with Crippen molar-refractivity contribution in [1.82, 2.24) is 9.78 Å². The van der Waals surface area contributed by atoms with Crippen molar-refractivity contribution >= 4 is 19.7 Å². The number of nitrogens with zero attached hydrogens (tertiary/aromatic N) is 2. The van der Waals surface area contributed by atoms with Crippen LogP contribution in [0.2, 0.25) is 30.8 Å². The van der Waals surface area contributed by atoms with Crippen LogP contribution in [0.15, 0.2) is 6.07 Å². The van der Waals surface area contributed by atoms with Crippen LogP contribution >= 0.6 is 11.6 Å². The van der Waals surface area contributed by atoms with Crippen LogP contribution in [0.5, 0.6) is 0 Å². The van der Waals surface area contributed by atoms with Gasteiger partial charge in [-0.25, -0.2) is 4.68 Å². The number of halogens is 1. The smallest absolute Gasteiger partial charge is 0.151 e. The molecule has 0 atom stereocenters. The van der Waals surface area contributed by atoms with Crippen molar-refractivity contribution in [2.45, 2.75) is 39.0 Å². The molecule has 92 valence electrons. The Morgan fingerprint density at radius 1 is 1.50 bits per heavy atom. The second-order valence-electron chi connectivity index (χ2n) is 4.96. The monoisotopic (exact) mass is 262 g/mol. The summed E-state index contributed by atoms with van der Waals surface area (Å²) in [5.41, 5.74) is 0.679. The largest absolute Gasteiger partial charge is 0.390 e. The lowest BCUT2D eigenvalue weighted by atomic mass is 10.5. The predicted molar refractivity (Wildman–Crippen MR) is 67.3 cm³/mol. The van der Waals surface area contributed by atoms with Gasteiger partial charge in [-0.05, 0) is 6.04 Å². The third-order valence-electron chi connectivity index (χ3n) is 2.21. The van der Waals surface area contributed by atoms with E-state index in [2.05, 4.69) is 24.7 Å². The number of aliphatic hydroxyl groups excluding tert-OH is 1. The summed E-state index contributed by atoms with van der Waals surface area (Å²) >= 11 is 5.74. The summed E-state index contributed by atoms with van der Waals surface area (Å²) < 4.78 is 7.11. The highest BCUT2D eigenvalue weighted by Gasteiger charge is 2.12. The molecule has 16 heavy (non-hydrogen) atoms. The Labute approximate surface area is 102 Å². The average Bonchev–Trinajstić information content (AvgIpc) is 2.52. The van der Waals surface area contributed by atoms with E-state index in [0.717, 1.165) is 12.7 Å². The van der Waals surface area contributed by atoms with Crippen LogP contribution in [0.1, 0.15) is 5.69 Å². The van der Waals surface area contributed by atoms with Gasteiger partial charge in [0.05, 0.1) is 12.3 Å². The molecular formula is C10H19ClN2O2Si. The van der Waals surface area contributed by atoms with Crippen molar-refractivity contribution < 1.29 is 9.84 Å². The summed E-state index contributed by atoms with van der Waals surface area (Å²) in [5.74, 6) is 0. The maximum Gasteiger partial charge on any atom is 0.151 e. The molecule has 0 fully saturated rings. The van der Waals surface area contributed by atoms with Gasteiger partial charge in [0.15, 0.2) is 5.15 Å². The standard InChI is InChI=1S/C10H19ClN2O2Si/c1-16(2,3)5-4-15-8-13-9(7-14)6-10(11)12-13/h6,14H,4-5,7-8H2,1-3H3. The van der Waals surface area contributed by atoms with Crippen LogP contribution < -0.4 is 0 Å². The Kier molecular flexibility index (Phi) is 4.98. The molecule has 0 aliphatic heterocycles. The lowest BCUT2D eigenvalue weighted by Gasteiger charge is -2.15. The molecule has 4 nitrogen and oxygen atoms in total. The molecule has 1 heterocycles. The highest BCUT2D eigenvalue weighted by atomic mass is 35.5. The van der Waals surface area contributed by atoms with Crippen molar-refractivity contribution in [3.05, 3.63) is 16.9 Å². The van der Waals surface area contributed by atoms with E-state index in [4.69, 9.17) is 21.4 Å². The molecule has 1 aromatic rings. The molecule has 0 saturated carbocycles. The van der Waals surface area contributed by atoms with E-state index < -0.39 is 8.07 Å². The molecule has 0 aliphatic rings. The summed E-state index contributed by atoms with van der Waals surface area (Å²) in [4.78, 5) is 0.